The van der Waals surface area contributed by atoms with Gasteiger partial charge in [-0.1, -0.05) is 0 Å². The van der Waals surface area contributed by atoms with Crippen LogP contribution in [-0.4, -0.2) is 62.8 Å². The van der Waals surface area contributed by atoms with E-state index in [9.17, 15) is 17.6 Å². The Balaban J connectivity index is 1.67. The first kappa shape index (κ1) is 19.3. The molecular formula is C18H26FN3O3S. The number of benzene rings is 1. The molecule has 8 heteroatoms. The highest BCUT2D eigenvalue weighted by molar-refractivity contribution is 7.89. The van der Waals surface area contributed by atoms with Crippen molar-refractivity contribution >= 4 is 15.9 Å². The van der Waals surface area contributed by atoms with Gasteiger partial charge in [0.15, 0.2) is 0 Å². The Morgan fingerprint density at radius 2 is 1.77 bits per heavy atom. The van der Waals surface area contributed by atoms with Crippen LogP contribution < -0.4 is 5.32 Å². The fraction of sp³-hybridized carbons (Fsp3) is 0.611. The molecule has 2 aliphatic rings. The maximum absolute atomic E-state index is 13.1. The molecule has 2 saturated heterocycles. The van der Waals surface area contributed by atoms with E-state index in [1.165, 1.54) is 16.4 Å². The Morgan fingerprint density at radius 1 is 1.12 bits per heavy atom. The second-order valence-electron chi connectivity index (χ2n) is 7.04. The lowest BCUT2D eigenvalue weighted by Crippen LogP contribution is -2.50. The van der Waals surface area contributed by atoms with Crippen LogP contribution in [0.3, 0.4) is 0 Å². The summed E-state index contributed by atoms with van der Waals surface area (Å²) in [6, 6.07) is 5.29. The van der Waals surface area contributed by atoms with Crippen LogP contribution in [0.2, 0.25) is 0 Å². The number of piperidine rings is 2. The standard InChI is InChI=1S/C18H26FN3O3S/c1-20-16-8-11-21(12-9-16)18(23)14-3-2-10-22(13-14)26(24,25)17-6-4-15(19)5-7-17/h4-7,14,16,20H,2-3,8-13H2,1H3. The average Bonchev–Trinajstić information content (AvgIpc) is 2.68. The molecule has 144 valence electrons. The zero-order valence-corrected chi connectivity index (χ0v) is 15.8. The molecule has 0 aliphatic carbocycles. The quantitative estimate of drug-likeness (QED) is 0.854. The fourth-order valence-corrected chi connectivity index (χ4v) is 5.29. The predicted molar refractivity (Wildman–Crippen MR) is 96.5 cm³/mol. The maximum atomic E-state index is 13.1. The Morgan fingerprint density at radius 3 is 2.38 bits per heavy atom. The normalized spacial score (nSPS) is 23.2. The van der Waals surface area contributed by atoms with Gasteiger partial charge in [0.05, 0.1) is 10.8 Å². The summed E-state index contributed by atoms with van der Waals surface area (Å²) in [4.78, 5) is 14.8. The number of carbonyl (C=O) groups excluding carboxylic acids is 1. The number of halogens is 1. The summed E-state index contributed by atoms with van der Waals surface area (Å²) in [5.41, 5.74) is 0. The third-order valence-electron chi connectivity index (χ3n) is 5.40. The van der Waals surface area contributed by atoms with Gasteiger partial charge in [-0.05, 0) is 57.0 Å². The summed E-state index contributed by atoms with van der Waals surface area (Å²) in [6.45, 7) is 2.02. The number of amides is 1. The summed E-state index contributed by atoms with van der Waals surface area (Å²) in [5, 5.41) is 3.24. The lowest BCUT2D eigenvalue weighted by atomic mass is 9.96. The number of carbonyl (C=O) groups is 1. The number of likely N-dealkylation sites (tertiary alicyclic amines) is 1. The molecule has 1 amide bonds. The third kappa shape index (κ3) is 4.07. The first-order valence-electron chi connectivity index (χ1n) is 9.13. The molecule has 1 unspecified atom stereocenters. The van der Waals surface area contributed by atoms with Crippen LogP contribution in [-0.2, 0) is 14.8 Å². The van der Waals surface area contributed by atoms with E-state index < -0.39 is 15.8 Å². The van der Waals surface area contributed by atoms with Gasteiger partial charge in [0.1, 0.15) is 5.82 Å². The smallest absolute Gasteiger partial charge is 0.243 e. The highest BCUT2D eigenvalue weighted by Crippen LogP contribution is 2.26. The summed E-state index contributed by atoms with van der Waals surface area (Å²) in [7, 11) is -1.77. The molecule has 26 heavy (non-hydrogen) atoms. The van der Waals surface area contributed by atoms with Crippen LogP contribution in [0.4, 0.5) is 4.39 Å². The average molecular weight is 383 g/mol. The minimum Gasteiger partial charge on any atom is -0.342 e. The highest BCUT2D eigenvalue weighted by atomic mass is 32.2. The minimum absolute atomic E-state index is 0.0542. The monoisotopic (exact) mass is 383 g/mol. The Bertz CT molecular complexity index is 731. The van der Waals surface area contributed by atoms with E-state index in [2.05, 4.69) is 5.32 Å². The summed E-state index contributed by atoms with van der Waals surface area (Å²) >= 11 is 0. The molecule has 0 bridgehead atoms. The SMILES string of the molecule is CNC1CCN(C(=O)C2CCCN(S(=O)(=O)c3ccc(F)cc3)C2)CC1. The van der Waals surface area contributed by atoms with Crippen molar-refractivity contribution < 1.29 is 17.6 Å². The minimum atomic E-state index is -3.70. The molecule has 2 fully saturated rings. The first-order valence-corrected chi connectivity index (χ1v) is 10.6. The van der Waals surface area contributed by atoms with Gasteiger partial charge < -0.3 is 10.2 Å². The lowest BCUT2D eigenvalue weighted by Gasteiger charge is -2.37. The molecule has 1 aromatic rings. The van der Waals surface area contributed by atoms with E-state index in [4.69, 9.17) is 0 Å². The zero-order valence-electron chi connectivity index (χ0n) is 15.0. The molecular weight excluding hydrogens is 357 g/mol. The van der Waals surface area contributed by atoms with Crippen molar-refractivity contribution in [2.45, 2.75) is 36.6 Å². The number of sulfonamides is 1. The largest absolute Gasteiger partial charge is 0.342 e. The fourth-order valence-electron chi connectivity index (χ4n) is 3.76. The van der Waals surface area contributed by atoms with Crippen LogP contribution in [0.1, 0.15) is 25.7 Å². The molecule has 2 aliphatic heterocycles. The highest BCUT2D eigenvalue weighted by Gasteiger charge is 2.35. The molecule has 0 spiro atoms. The summed E-state index contributed by atoms with van der Waals surface area (Å²) in [6.07, 6.45) is 3.21. The molecule has 1 N–H and O–H groups in total. The van der Waals surface area contributed by atoms with Crippen molar-refractivity contribution in [1.29, 1.82) is 0 Å². The number of nitrogens with one attached hydrogen (secondary N) is 1. The number of nitrogens with zero attached hydrogens (tertiary/aromatic N) is 2. The first-order chi connectivity index (χ1) is 12.4. The third-order valence-corrected chi connectivity index (χ3v) is 7.28. The Labute approximate surface area is 154 Å². The van der Waals surface area contributed by atoms with Crippen molar-refractivity contribution in [2.75, 3.05) is 33.2 Å². The zero-order chi connectivity index (χ0) is 18.7. The van der Waals surface area contributed by atoms with Crippen LogP contribution in [0, 0.1) is 11.7 Å². The van der Waals surface area contributed by atoms with Gasteiger partial charge in [0, 0.05) is 32.2 Å². The van der Waals surface area contributed by atoms with Gasteiger partial charge in [-0.3, -0.25) is 4.79 Å². The van der Waals surface area contributed by atoms with Crippen molar-refractivity contribution in [3.05, 3.63) is 30.1 Å². The number of rotatable bonds is 4. The molecule has 3 rings (SSSR count). The molecule has 2 heterocycles. The second kappa shape index (κ2) is 8.02. The molecule has 1 atom stereocenters. The van der Waals surface area contributed by atoms with Gasteiger partial charge >= 0.3 is 0 Å². The van der Waals surface area contributed by atoms with Gasteiger partial charge in [-0.25, -0.2) is 12.8 Å². The molecule has 0 saturated carbocycles. The van der Waals surface area contributed by atoms with Crippen molar-refractivity contribution in [3.8, 4) is 0 Å². The number of hydrogen-bond acceptors (Lipinski definition) is 4. The molecule has 6 nitrogen and oxygen atoms in total. The summed E-state index contributed by atoms with van der Waals surface area (Å²) < 4.78 is 40.0. The van der Waals surface area contributed by atoms with E-state index in [0.717, 1.165) is 25.0 Å². The van der Waals surface area contributed by atoms with Crippen LogP contribution in [0.15, 0.2) is 29.2 Å². The maximum Gasteiger partial charge on any atom is 0.243 e. The molecule has 0 aromatic heterocycles. The van der Waals surface area contributed by atoms with Gasteiger partial charge in [0.25, 0.3) is 0 Å². The van der Waals surface area contributed by atoms with Crippen LogP contribution >= 0.6 is 0 Å². The van der Waals surface area contributed by atoms with Crippen molar-refractivity contribution in [3.63, 3.8) is 0 Å². The molecule has 0 radical (unpaired) electrons. The van der Waals surface area contributed by atoms with E-state index >= 15 is 0 Å². The number of hydrogen-bond donors (Lipinski definition) is 1. The lowest BCUT2D eigenvalue weighted by molar-refractivity contribution is -0.137. The van der Waals surface area contributed by atoms with Crippen LogP contribution in [0.5, 0.6) is 0 Å². The van der Waals surface area contributed by atoms with E-state index in [1.54, 1.807) is 0 Å². The van der Waals surface area contributed by atoms with Gasteiger partial charge in [0.2, 0.25) is 15.9 Å². The Hall–Kier alpha value is -1.51. The van der Waals surface area contributed by atoms with Gasteiger partial charge in [-0.15, -0.1) is 0 Å². The predicted octanol–water partition coefficient (Wildman–Crippen LogP) is 1.44. The van der Waals surface area contributed by atoms with E-state index in [0.29, 0.717) is 38.5 Å². The van der Waals surface area contributed by atoms with Gasteiger partial charge in [-0.2, -0.15) is 4.31 Å². The summed E-state index contributed by atoms with van der Waals surface area (Å²) in [5.74, 6) is -0.718. The Kier molecular flexibility index (Phi) is 5.94. The van der Waals surface area contributed by atoms with Crippen molar-refractivity contribution in [1.82, 2.24) is 14.5 Å². The van der Waals surface area contributed by atoms with E-state index in [1.807, 2.05) is 11.9 Å². The second-order valence-corrected chi connectivity index (χ2v) is 8.98. The van der Waals surface area contributed by atoms with E-state index in [-0.39, 0.29) is 23.3 Å². The van der Waals surface area contributed by atoms with Crippen LogP contribution in [0.25, 0.3) is 0 Å². The topological polar surface area (TPSA) is 69.7 Å². The van der Waals surface area contributed by atoms with Crippen molar-refractivity contribution in [2.24, 2.45) is 5.92 Å². The molecule has 1 aromatic carbocycles.